The highest BCUT2D eigenvalue weighted by molar-refractivity contribution is 6.30. The first-order valence-electron chi connectivity index (χ1n) is 9.05. The Bertz CT molecular complexity index is 858. The minimum Gasteiger partial charge on any atom is -0.481 e. The summed E-state index contributed by atoms with van der Waals surface area (Å²) in [6, 6.07) is 15.2. The zero-order valence-electron chi connectivity index (χ0n) is 15.8. The van der Waals surface area contributed by atoms with Crippen LogP contribution in [0.4, 0.5) is 5.69 Å². The molecule has 1 aliphatic carbocycles. The van der Waals surface area contributed by atoms with Crippen LogP contribution in [-0.2, 0) is 9.59 Å². The van der Waals surface area contributed by atoms with E-state index in [2.05, 4.69) is 5.32 Å². The van der Waals surface area contributed by atoms with Crippen molar-refractivity contribution in [3.63, 3.8) is 0 Å². The van der Waals surface area contributed by atoms with Crippen LogP contribution in [0.1, 0.15) is 33.6 Å². The van der Waals surface area contributed by atoms with E-state index in [9.17, 15) is 14.7 Å². The van der Waals surface area contributed by atoms with Gasteiger partial charge in [-0.15, -0.1) is 0 Å². The number of carbonyl (C=O) groups is 2. The van der Waals surface area contributed by atoms with Crippen molar-refractivity contribution in [3.8, 4) is 11.1 Å². The van der Waals surface area contributed by atoms with Gasteiger partial charge in [0.25, 0.3) is 0 Å². The minimum absolute atomic E-state index is 0.129. The molecule has 0 aliphatic heterocycles. The molecule has 1 saturated carbocycles. The van der Waals surface area contributed by atoms with Crippen LogP contribution in [0.5, 0.6) is 0 Å². The van der Waals surface area contributed by atoms with Gasteiger partial charge < -0.3 is 10.4 Å². The van der Waals surface area contributed by atoms with Crippen LogP contribution in [0.3, 0.4) is 0 Å². The monoisotopic (exact) mass is 385 g/mol. The number of hydrogen-bond donors (Lipinski definition) is 2. The van der Waals surface area contributed by atoms with E-state index < -0.39 is 22.7 Å². The normalized spacial score (nSPS) is 23.8. The molecule has 142 valence electrons. The Kier molecular flexibility index (Phi) is 5.04. The van der Waals surface area contributed by atoms with Crippen LogP contribution >= 0.6 is 11.6 Å². The molecule has 0 radical (unpaired) electrons. The number of rotatable bonds is 4. The first-order valence-corrected chi connectivity index (χ1v) is 9.43. The van der Waals surface area contributed by atoms with Crippen molar-refractivity contribution in [2.75, 3.05) is 5.32 Å². The molecule has 0 heterocycles. The van der Waals surface area contributed by atoms with Crippen molar-refractivity contribution in [3.05, 3.63) is 53.6 Å². The van der Waals surface area contributed by atoms with Gasteiger partial charge in [-0.2, -0.15) is 0 Å². The maximum atomic E-state index is 13.0. The number of amides is 1. The molecular weight excluding hydrogens is 362 g/mol. The predicted molar refractivity (Wildman–Crippen MR) is 108 cm³/mol. The van der Waals surface area contributed by atoms with Gasteiger partial charge in [-0.25, -0.2) is 0 Å². The largest absolute Gasteiger partial charge is 0.481 e. The summed E-state index contributed by atoms with van der Waals surface area (Å²) in [6.07, 6.45) is 1.08. The van der Waals surface area contributed by atoms with Crippen LogP contribution < -0.4 is 5.32 Å². The zero-order valence-corrected chi connectivity index (χ0v) is 16.5. The Labute approximate surface area is 164 Å². The molecule has 1 amide bonds. The van der Waals surface area contributed by atoms with E-state index in [4.69, 9.17) is 11.6 Å². The second-order valence-electron chi connectivity index (χ2n) is 8.02. The number of carbonyl (C=O) groups excluding carboxylic acids is 1. The summed E-state index contributed by atoms with van der Waals surface area (Å²) in [6.45, 7) is 5.62. The lowest BCUT2D eigenvalue weighted by atomic mass is 9.65. The molecular formula is C22H24ClNO3. The topological polar surface area (TPSA) is 66.4 Å². The van der Waals surface area contributed by atoms with Gasteiger partial charge in [0, 0.05) is 10.7 Å². The average molecular weight is 386 g/mol. The van der Waals surface area contributed by atoms with Crippen LogP contribution in [-0.4, -0.2) is 17.0 Å². The molecule has 2 aromatic rings. The molecule has 4 nitrogen and oxygen atoms in total. The van der Waals surface area contributed by atoms with E-state index in [1.807, 2.05) is 69.3 Å². The standard InChI is InChI=1S/C22H24ClNO3/c1-21(2)18(19(25)26)12-13-22(21,3)20(27)24-17-10-6-15(7-11-17)14-4-8-16(23)9-5-14/h4-11,18H,12-13H2,1-3H3,(H,24,27)(H,25,26)/t18-,22+/m1/s1. The van der Waals surface area contributed by atoms with Gasteiger partial charge in [-0.3, -0.25) is 9.59 Å². The molecule has 0 spiro atoms. The van der Waals surface area contributed by atoms with Gasteiger partial charge >= 0.3 is 5.97 Å². The van der Waals surface area contributed by atoms with Crippen molar-refractivity contribution in [1.29, 1.82) is 0 Å². The second kappa shape index (κ2) is 7.01. The van der Waals surface area contributed by atoms with Gasteiger partial charge in [0.05, 0.1) is 11.3 Å². The van der Waals surface area contributed by atoms with E-state index in [1.54, 1.807) is 0 Å². The summed E-state index contributed by atoms with van der Waals surface area (Å²) in [4.78, 5) is 24.5. The lowest BCUT2D eigenvalue weighted by molar-refractivity contribution is -0.147. The Morgan fingerprint density at radius 2 is 1.52 bits per heavy atom. The summed E-state index contributed by atoms with van der Waals surface area (Å²) in [5.41, 5.74) is 1.43. The summed E-state index contributed by atoms with van der Waals surface area (Å²) < 4.78 is 0. The smallest absolute Gasteiger partial charge is 0.307 e. The molecule has 27 heavy (non-hydrogen) atoms. The lowest BCUT2D eigenvalue weighted by Gasteiger charge is -2.39. The van der Waals surface area contributed by atoms with E-state index in [0.717, 1.165) is 11.1 Å². The molecule has 3 rings (SSSR count). The highest BCUT2D eigenvalue weighted by Crippen LogP contribution is 2.56. The zero-order chi connectivity index (χ0) is 19.8. The van der Waals surface area contributed by atoms with Gasteiger partial charge in [0.2, 0.25) is 5.91 Å². The van der Waals surface area contributed by atoms with E-state index in [1.165, 1.54) is 0 Å². The van der Waals surface area contributed by atoms with Crippen molar-refractivity contribution in [1.82, 2.24) is 0 Å². The third-order valence-electron chi connectivity index (χ3n) is 6.35. The fourth-order valence-corrected chi connectivity index (χ4v) is 4.12. The van der Waals surface area contributed by atoms with Gasteiger partial charge in [0.1, 0.15) is 0 Å². The van der Waals surface area contributed by atoms with Gasteiger partial charge in [-0.1, -0.05) is 56.6 Å². The third kappa shape index (κ3) is 3.46. The van der Waals surface area contributed by atoms with Crippen LogP contribution in [0.15, 0.2) is 48.5 Å². The van der Waals surface area contributed by atoms with Crippen LogP contribution in [0.2, 0.25) is 5.02 Å². The molecule has 1 aliphatic rings. The summed E-state index contributed by atoms with van der Waals surface area (Å²) in [5, 5.41) is 13.1. The van der Waals surface area contributed by atoms with Crippen LogP contribution in [0.25, 0.3) is 11.1 Å². The first kappa shape index (κ1) is 19.4. The number of carboxylic acid groups (broad SMARTS) is 1. The minimum atomic E-state index is -0.830. The average Bonchev–Trinajstić information content (AvgIpc) is 2.87. The number of nitrogens with one attached hydrogen (secondary N) is 1. The molecule has 0 saturated heterocycles. The number of hydrogen-bond acceptors (Lipinski definition) is 2. The maximum absolute atomic E-state index is 13.0. The van der Waals surface area contributed by atoms with E-state index >= 15 is 0 Å². The molecule has 2 atom stereocenters. The molecule has 2 N–H and O–H groups in total. The van der Waals surface area contributed by atoms with Crippen molar-refractivity contribution in [2.45, 2.75) is 33.6 Å². The van der Waals surface area contributed by atoms with Gasteiger partial charge in [0.15, 0.2) is 0 Å². The predicted octanol–water partition coefficient (Wildman–Crippen LogP) is 5.47. The molecule has 0 bridgehead atoms. The summed E-state index contributed by atoms with van der Waals surface area (Å²) in [7, 11) is 0. The van der Waals surface area contributed by atoms with Gasteiger partial charge in [-0.05, 0) is 53.6 Å². The summed E-state index contributed by atoms with van der Waals surface area (Å²) >= 11 is 5.93. The fraction of sp³-hybridized carbons (Fsp3) is 0.364. The molecule has 0 aromatic heterocycles. The molecule has 5 heteroatoms. The number of carboxylic acids is 1. The lowest BCUT2D eigenvalue weighted by Crippen LogP contribution is -2.45. The van der Waals surface area contributed by atoms with Crippen molar-refractivity contribution >= 4 is 29.2 Å². The summed E-state index contributed by atoms with van der Waals surface area (Å²) in [5.74, 6) is -1.47. The van der Waals surface area contributed by atoms with E-state index in [0.29, 0.717) is 23.6 Å². The molecule has 2 aromatic carbocycles. The first-order chi connectivity index (χ1) is 12.6. The number of aliphatic carboxylic acids is 1. The highest BCUT2D eigenvalue weighted by atomic mass is 35.5. The Morgan fingerprint density at radius 3 is 2.00 bits per heavy atom. The van der Waals surface area contributed by atoms with E-state index in [-0.39, 0.29) is 5.91 Å². The van der Waals surface area contributed by atoms with Crippen molar-refractivity contribution < 1.29 is 14.7 Å². The number of halogens is 1. The maximum Gasteiger partial charge on any atom is 0.307 e. The Hall–Kier alpha value is -2.33. The van der Waals surface area contributed by atoms with Crippen molar-refractivity contribution in [2.24, 2.45) is 16.7 Å². The number of benzene rings is 2. The second-order valence-corrected chi connectivity index (χ2v) is 8.46. The van der Waals surface area contributed by atoms with Crippen LogP contribution in [0, 0.1) is 16.7 Å². The highest BCUT2D eigenvalue weighted by Gasteiger charge is 2.58. The third-order valence-corrected chi connectivity index (χ3v) is 6.60. The SMILES string of the molecule is CC1(C)[C@@H](C(=O)O)CC[C@@]1(C)C(=O)Nc1ccc(-c2ccc(Cl)cc2)cc1. The number of anilines is 1. The quantitative estimate of drug-likeness (QED) is 0.733. The molecule has 0 unspecified atom stereocenters. The Morgan fingerprint density at radius 1 is 1.00 bits per heavy atom. The molecule has 1 fully saturated rings. The fourth-order valence-electron chi connectivity index (χ4n) is 4.00. The Balaban J connectivity index is 1.76.